The molecule has 0 bridgehead atoms. The van der Waals surface area contributed by atoms with Crippen LogP contribution in [0.1, 0.15) is 16.8 Å². The Bertz CT molecular complexity index is 464. The number of anilines is 1. The number of rotatable bonds is 5. The largest absolute Gasteiger partial charge is 0.480 e. The zero-order valence-corrected chi connectivity index (χ0v) is 9.39. The molecule has 0 aliphatic rings. The molecule has 5 N–H and O–H groups in total. The van der Waals surface area contributed by atoms with E-state index in [0.717, 1.165) is 6.07 Å². The van der Waals surface area contributed by atoms with Crippen LogP contribution in [0.2, 0.25) is 0 Å². The van der Waals surface area contributed by atoms with Gasteiger partial charge in [0.15, 0.2) is 0 Å². The Labute approximate surface area is 102 Å². The number of hydrogen-bond donors (Lipinski definition) is 4. The first-order chi connectivity index (χ1) is 8.45. The first-order valence-electron chi connectivity index (χ1n) is 5.15. The van der Waals surface area contributed by atoms with Gasteiger partial charge < -0.3 is 21.3 Å². The Balaban J connectivity index is 2.80. The Morgan fingerprint density at radius 1 is 1.44 bits per heavy atom. The summed E-state index contributed by atoms with van der Waals surface area (Å²) >= 11 is 0. The number of carboxylic acid groups (broad SMARTS) is 1. The summed E-state index contributed by atoms with van der Waals surface area (Å²) in [6.45, 7) is -0.382. The molecule has 0 radical (unpaired) electrons. The van der Waals surface area contributed by atoms with Gasteiger partial charge in [0.1, 0.15) is 11.9 Å². The zero-order valence-electron chi connectivity index (χ0n) is 9.39. The van der Waals surface area contributed by atoms with Gasteiger partial charge in [-0.25, -0.2) is 9.18 Å². The van der Waals surface area contributed by atoms with E-state index in [0.29, 0.717) is 0 Å². The topological polar surface area (TPSA) is 113 Å². The lowest BCUT2D eigenvalue weighted by Crippen LogP contribution is -2.41. The summed E-state index contributed by atoms with van der Waals surface area (Å²) in [5.41, 5.74) is 5.12. The second kappa shape index (κ2) is 5.97. The SMILES string of the molecule is Nc1ccc(C(=O)NC(CCO)C(=O)O)cc1F. The van der Waals surface area contributed by atoms with Gasteiger partial charge in [-0.05, 0) is 18.2 Å². The highest BCUT2D eigenvalue weighted by molar-refractivity contribution is 5.96. The van der Waals surface area contributed by atoms with E-state index in [4.69, 9.17) is 15.9 Å². The number of halogens is 1. The Hall–Kier alpha value is -2.15. The van der Waals surface area contributed by atoms with Crippen molar-refractivity contribution in [3.63, 3.8) is 0 Å². The third kappa shape index (κ3) is 3.42. The predicted molar refractivity (Wildman–Crippen MR) is 61.4 cm³/mol. The third-order valence-corrected chi connectivity index (χ3v) is 2.28. The molecule has 0 heterocycles. The Kier molecular flexibility index (Phi) is 4.61. The number of amides is 1. The van der Waals surface area contributed by atoms with E-state index in [9.17, 15) is 14.0 Å². The van der Waals surface area contributed by atoms with Gasteiger partial charge in [-0.3, -0.25) is 4.79 Å². The number of benzene rings is 1. The number of carboxylic acids is 1. The highest BCUT2D eigenvalue weighted by Crippen LogP contribution is 2.12. The van der Waals surface area contributed by atoms with Crippen molar-refractivity contribution in [3.05, 3.63) is 29.6 Å². The predicted octanol–water partition coefficient (Wildman–Crippen LogP) is -0.0267. The van der Waals surface area contributed by atoms with Crippen LogP contribution in [0.5, 0.6) is 0 Å². The number of aliphatic hydroxyl groups is 1. The molecule has 0 spiro atoms. The van der Waals surface area contributed by atoms with E-state index >= 15 is 0 Å². The number of carbonyl (C=O) groups excluding carboxylic acids is 1. The molecule has 6 nitrogen and oxygen atoms in total. The summed E-state index contributed by atoms with van der Waals surface area (Å²) < 4.78 is 13.1. The second-order valence-electron chi connectivity index (χ2n) is 3.61. The van der Waals surface area contributed by atoms with Crippen molar-refractivity contribution >= 4 is 17.6 Å². The monoisotopic (exact) mass is 256 g/mol. The van der Waals surface area contributed by atoms with Crippen molar-refractivity contribution in [1.82, 2.24) is 5.32 Å². The van der Waals surface area contributed by atoms with Crippen LogP contribution < -0.4 is 11.1 Å². The average Bonchev–Trinajstić information content (AvgIpc) is 2.31. The van der Waals surface area contributed by atoms with E-state index in [1.807, 2.05) is 0 Å². The van der Waals surface area contributed by atoms with Gasteiger partial charge in [-0.1, -0.05) is 0 Å². The fraction of sp³-hybridized carbons (Fsp3) is 0.273. The minimum absolute atomic E-state index is 0.0362. The van der Waals surface area contributed by atoms with Crippen molar-refractivity contribution in [1.29, 1.82) is 0 Å². The van der Waals surface area contributed by atoms with Crippen LogP contribution in [0.15, 0.2) is 18.2 Å². The Morgan fingerprint density at radius 3 is 2.61 bits per heavy atom. The molecule has 1 aromatic rings. The summed E-state index contributed by atoms with van der Waals surface area (Å²) in [4.78, 5) is 22.4. The number of nitrogens with one attached hydrogen (secondary N) is 1. The summed E-state index contributed by atoms with van der Waals surface area (Å²) in [6.07, 6.45) is -0.126. The van der Waals surface area contributed by atoms with Crippen LogP contribution >= 0.6 is 0 Å². The molecule has 0 aromatic heterocycles. The first kappa shape index (κ1) is 13.9. The maximum absolute atomic E-state index is 13.1. The normalized spacial score (nSPS) is 11.9. The number of aliphatic carboxylic acids is 1. The molecular weight excluding hydrogens is 243 g/mol. The fourth-order valence-electron chi connectivity index (χ4n) is 1.30. The van der Waals surface area contributed by atoms with Crippen LogP contribution in [-0.2, 0) is 4.79 Å². The fourth-order valence-corrected chi connectivity index (χ4v) is 1.30. The van der Waals surface area contributed by atoms with Crippen LogP contribution in [0.25, 0.3) is 0 Å². The highest BCUT2D eigenvalue weighted by Gasteiger charge is 2.20. The zero-order chi connectivity index (χ0) is 13.7. The van der Waals surface area contributed by atoms with Gasteiger partial charge in [-0.15, -0.1) is 0 Å². The maximum atomic E-state index is 13.1. The summed E-state index contributed by atoms with van der Waals surface area (Å²) in [6, 6.07) is 2.20. The number of aliphatic hydroxyl groups excluding tert-OH is 1. The quantitative estimate of drug-likeness (QED) is 0.553. The molecule has 0 fully saturated rings. The van der Waals surface area contributed by atoms with Crippen molar-refractivity contribution in [3.8, 4) is 0 Å². The van der Waals surface area contributed by atoms with Crippen molar-refractivity contribution in [2.75, 3.05) is 12.3 Å². The van der Waals surface area contributed by atoms with Crippen LogP contribution in [0, 0.1) is 5.82 Å². The number of nitrogens with two attached hydrogens (primary N) is 1. The highest BCUT2D eigenvalue weighted by atomic mass is 19.1. The van der Waals surface area contributed by atoms with Crippen molar-refractivity contribution in [2.24, 2.45) is 0 Å². The van der Waals surface area contributed by atoms with Crippen LogP contribution in [0.3, 0.4) is 0 Å². The summed E-state index contributed by atoms with van der Waals surface area (Å²) in [5.74, 6) is -2.76. The van der Waals surface area contributed by atoms with E-state index in [2.05, 4.69) is 5.32 Å². The van der Waals surface area contributed by atoms with Gasteiger partial charge in [0.2, 0.25) is 0 Å². The van der Waals surface area contributed by atoms with Gasteiger partial charge >= 0.3 is 5.97 Å². The number of hydrogen-bond acceptors (Lipinski definition) is 4. The second-order valence-corrected chi connectivity index (χ2v) is 3.61. The lowest BCUT2D eigenvalue weighted by molar-refractivity contribution is -0.139. The van der Waals surface area contributed by atoms with Gasteiger partial charge in [0.05, 0.1) is 5.69 Å². The third-order valence-electron chi connectivity index (χ3n) is 2.28. The van der Waals surface area contributed by atoms with Gasteiger partial charge in [0.25, 0.3) is 5.91 Å². The average molecular weight is 256 g/mol. The molecule has 7 heteroatoms. The van der Waals surface area contributed by atoms with E-state index in [-0.39, 0.29) is 24.3 Å². The molecule has 1 rings (SSSR count). The molecule has 1 aromatic carbocycles. The van der Waals surface area contributed by atoms with Gasteiger partial charge in [-0.2, -0.15) is 0 Å². The lowest BCUT2D eigenvalue weighted by atomic mass is 10.1. The standard InChI is InChI=1S/C11H13FN2O4/c12-7-5-6(1-2-8(7)13)10(16)14-9(3-4-15)11(17)18/h1-2,5,9,15H,3-4,13H2,(H,14,16)(H,17,18). The maximum Gasteiger partial charge on any atom is 0.326 e. The van der Waals surface area contributed by atoms with Gasteiger partial charge in [0, 0.05) is 18.6 Å². The molecule has 1 unspecified atom stereocenters. The van der Waals surface area contributed by atoms with Crippen molar-refractivity contribution in [2.45, 2.75) is 12.5 Å². The summed E-state index contributed by atoms with van der Waals surface area (Å²) in [7, 11) is 0. The molecule has 0 aliphatic carbocycles. The van der Waals surface area contributed by atoms with Crippen LogP contribution in [-0.4, -0.2) is 34.7 Å². The molecule has 1 amide bonds. The molecule has 0 aliphatic heterocycles. The van der Waals surface area contributed by atoms with Crippen LogP contribution in [0.4, 0.5) is 10.1 Å². The smallest absolute Gasteiger partial charge is 0.326 e. The first-order valence-corrected chi connectivity index (χ1v) is 5.15. The molecule has 0 saturated heterocycles. The van der Waals surface area contributed by atoms with E-state index in [1.54, 1.807) is 0 Å². The molecule has 18 heavy (non-hydrogen) atoms. The molecular formula is C11H13FN2O4. The molecule has 1 atom stereocenters. The minimum Gasteiger partial charge on any atom is -0.480 e. The molecule has 0 saturated carbocycles. The summed E-state index contributed by atoms with van der Waals surface area (Å²) in [5, 5.41) is 19.6. The molecule has 98 valence electrons. The van der Waals surface area contributed by atoms with E-state index in [1.165, 1.54) is 12.1 Å². The minimum atomic E-state index is -1.27. The number of carbonyl (C=O) groups is 2. The van der Waals surface area contributed by atoms with Crippen molar-refractivity contribution < 1.29 is 24.2 Å². The lowest BCUT2D eigenvalue weighted by Gasteiger charge is -2.13. The van der Waals surface area contributed by atoms with E-state index < -0.39 is 23.7 Å². The number of nitrogen functional groups attached to an aromatic ring is 1. The Morgan fingerprint density at radius 2 is 2.11 bits per heavy atom.